The van der Waals surface area contributed by atoms with Gasteiger partial charge in [0.15, 0.2) is 5.11 Å². The van der Waals surface area contributed by atoms with Crippen molar-refractivity contribution in [2.45, 2.75) is 39.2 Å². The van der Waals surface area contributed by atoms with Gasteiger partial charge >= 0.3 is 0 Å². The molecule has 1 aliphatic rings. The second-order valence-electron chi connectivity index (χ2n) is 4.77. The highest BCUT2D eigenvalue weighted by Gasteiger charge is 2.27. The third kappa shape index (κ3) is 4.26. The number of ether oxygens (including phenoxy) is 1. The predicted octanol–water partition coefficient (Wildman–Crippen LogP) is 1.92. The molecule has 16 heavy (non-hydrogen) atoms. The third-order valence-electron chi connectivity index (χ3n) is 3.62. The smallest absolute Gasteiger partial charge is 0.166 e. The Balaban J connectivity index is 2.26. The first-order valence-electron chi connectivity index (χ1n) is 6.18. The number of nitrogens with one attached hydrogen (secondary N) is 2. The van der Waals surface area contributed by atoms with E-state index in [1.54, 1.807) is 7.11 Å². The summed E-state index contributed by atoms with van der Waals surface area (Å²) in [5.41, 5.74) is 0. The highest BCUT2D eigenvalue weighted by atomic mass is 32.1. The minimum absolute atomic E-state index is 0.534. The summed E-state index contributed by atoms with van der Waals surface area (Å²) in [4.78, 5) is 0. The summed E-state index contributed by atoms with van der Waals surface area (Å²) in [6, 6.07) is 0.534. The molecule has 2 N–H and O–H groups in total. The summed E-state index contributed by atoms with van der Waals surface area (Å²) < 4.78 is 4.97. The number of rotatable bonds is 4. The van der Waals surface area contributed by atoms with Crippen molar-refractivity contribution in [3.63, 3.8) is 0 Å². The molecule has 0 aromatic rings. The normalized spacial score (nSPS) is 29.8. The van der Waals surface area contributed by atoms with Crippen LogP contribution in [0.4, 0.5) is 0 Å². The van der Waals surface area contributed by atoms with Crippen LogP contribution >= 0.6 is 12.2 Å². The van der Waals surface area contributed by atoms with Gasteiger partial charge in [0, 0.05) is 19.7 Å². The molecule has 0 radical (unpaired) electrons. The molecule has 0 heterocycles. The second-order valence-corrected chi connectivity index (χ2v) is 5.18. The lowest BCUT2D eigenvalue weighted by molar-refractivity contribution is 0.202. The summed E-state index contributed by atoms with van der Waals surface area (Å²) in [5.74, 6) is 1.50. The lowest BCUT2D eigenvalue weighted by Gasteiger charge is -2.35. The molecule has 4 heteroatoms. The molecule has 0 unspecified atom stereocenters. The van der Waals surface area contributed by atoms with E-state index in [4.69, 9.17) is 17.0 Å². The molecule has 1 fully saturated rings. The van der Waals surface area contributed by atoms with Crippen LogP contribution in [0.3, 0.4) is 0 Å². The van der Waals surface area contributed by atoms with E-state index in [-0.39, 0.29) is 0 Å². The van der Waals surface area contributed by atoms with Gasteiger partial charge in [0.2, 0.25) is 0 Å². The standard InChI is InChI=1S/C12H24N2OS/c1-9-5-4-6-11(10(9)2)14-12(16)13-7-8-15-3/h9-11H,4-8H2,1-3H3,(H2,13,14,16)/t9-,10-,11+/m1/s1. The minimum atomic E-state index is 0.534. The van der Waals surface area contributed by atoms with Crippen LogP contribution in [0.2, 0.25) is 0 Å². The molecule has 3 nitrogen and oxygen atoms in total. The van der Waals surface area contributed by atoms with Crippen LogP contribution in [0.25, 0.3) is 0 Å². The van der Waals surface area contributed by atoms with Crippen molar-refractivity contribution in [2.75, 3.05) is 20.3 Å². The maximum absolute atomic E-state index is 5.26. The van der Waals surface area contributed by atoms with Crippen molar-refractivity contribution >= 4 is 17.3 Å². The molecule has 0 aromatic heterocycles. The summed E-state index contributed by atoms with van der Waals surface area (Å²) in [7, 11) is 1.70. The molecule has 1 aliphatic carbocycles. The van der Waals surface area contributed by atoms with Crippen LogP contribution < -0.4 is 10.6 Å². The van der Waals surface area contributed by atoms with Crippen molar-refractivity contribution in [3.05, 3.63) is 0 Å². The number of hydrogen-bond donors (Lipinski definition) is 2. The van der Waals surface area contributed by atoms with Gasteiger partial charge in [-0.25, -0.2) is 0 Å². The number of thiocarbonyl (C=S) groups is 1. The quantitative estimate of drug-likeness (QED) is 0.585. The molecule has 0 spiro atoms. The highest BCUT2D eigenvalue weighted by Crippen LogP contribution is 2.29. The van der Waals surface area contributed by atoms with E-state index in [0.717, 1.165) is 17.6 Å². The lowest BCUT2D eigenvalue weighted by atomic mass is 9.78. The van der Waals surface area contributed by atoms with Crippen molar-refractivity contribution < 1.29 is 4.74 Å². The Morgan fingerprint density at radius 2 is 2.12 bits per heavy atom. The first-order valence-corrected chi connectivity index (χ1v) is 6.59. The zero-order valence-electron chi connectivity index (χ0n) is 10.6. The molecular formula is C12H24N2OS. The summed E-state index contributed by atoms with van der Waals surface area (Å²) in [6.07, 6.45) is 3.89. The molecular weight excluding hydrogens is 220 g/mol. The van der Waals surface area contributed by atoms with Crippen LogP contribution in [0.1, 0.15) is 33.1 Å². The van der Waals surface area contributed by atoms with Crippen LogP contribution in [0.5, 0.6) is 0 Å². The fourth-order valence-electron chi connectivity index (χ4n) is 2.27. The Hall–Kier alpha value is -0.350. The van der Waals surface area contributed by atoms with Gasteiger partial charge in [-0.05, 0) is 30.5 Å². The molecule has 0 saturated heterocycles. The molecule has 0 amide bonds. The molecule has 3 atom stereocenters. The van der Waals surface area contributed by atoms with Gasteiger partial charge in [-0.3, -0.25) is 0 Å². The van der Waals surface area contributed by atoms with Crippen molar-refractivity contribution in [1.29, 1.82) is 0 Å². The van der Waals surface area contributed by atoms with Gasteiger partial charge in [-0.1, -0.05) is 26.7 Å². The van der Waals surface area contributed by atoms with E-state index >= 15 is 0 Å². The zero-order valence-corrected chi connectivity index (χ0v) is 11.4. The number of methoxy groups -OCH3 is 1. The van der Waals surface area contributed by atoms with Crippen molar-refractivity contribution in [3.8, 4) is 0 Å². The van der Waals surface area contributed by atoms with E-state index in [9.17, 15) is 0 Å². The molecule has 1 saturated carbocycles. The second kappa shape index (κ2) is 7.07. The van der Waals surface area contributed by atoms with E-state index < -0.39 is 0 Å². The van der Waals surface area contributed by atoms with Crippen LogP contribution in [-0.2, 0) is 4.74 Å². The summed E-state index contributed by atoms with van der Waals surface area (Å²) in [6.45, 7) is 6.12. The SMILES string of the molecule is COCCNC(=S)N[C@H]1CCC[C@@H](C)[C@H]1C. The topological polar surface area (TPSA) is 33.3 Å². The van der Waals surface area contributed by atoms with Crippen LogP contribution in [0, 0.1) is 11.8 Å². The van der Waals surface area contributed by atoms with Gasteiger partial charge in [-0.15, -0.1) is 0 Å². The van der Waals surface area contributed by atoms with E-state index in [0.29, 0.717) is 18.6 Å². The van der Waals surface area contributed by atoms with Gasteiger partial charge in [0.05, 0.1) is 6.61 Å². The predicted molar refractivity (Wildman–Crippen MR) is 71.6 cm³/mol. The molecule has 0 aromatic carbocycles. The highest BCUT2D eigenvalue weighted by molar-refractivity contribution is 7.80. The summed E-state index contributed by atoms with van der Waals surface area (Å²) in [5, 5.41) is 7.35. The first kappa shape index (κ1) is 13.7. The average Bonchev–Trinajstić information content (AvgIpc) is 2.25. The number of hydrogen-bond acceptors (Lipinski definition) is 2. The first-order chi connectivity index (χ1) is 7.65. The fraction of sp³-hybridized carbons (Fsp3) is 0.917. The Kier molecular flexibility index (Phi) is 6.06. The van der Waals surface area contributed by atoms with E-state index in [2.05, 4.69) is 24.5 Å². The Bertz CT molecular complexity index is 223. The van der Waals surface area contributed by atoms with Crippen LogP contribution in [-0.4, -0.2) is 31.4 Å². The fourth-order valence-corrected chi connectivity index (χ4v) is 2.53. The maximum Gasteiger partial charge on any atom is 0.166 e. The monoisotopic (exact) mass is 244 g/mol. The lowest BCUT2D eigenvalue weighted by Crippen LogP contribution is -2.48. The third-order valence-corrected chi connectivity index (χ3v) is 3.88. The minimum Gasteiger partial charge on any atom is -0.383 e. The largest absolute Gasteiger partial charge is 0.383 e. The average molecular weight is 244 g/mol. The Labute approximate surface area is 104 Å². The molecule has 1 rings (SSSR count). The molecule has 0 aliphatic heterocycles. The van der Waals surface area contributed by atoms with Gasteiger partial charge < -0.3 is 15.4 Å². The van der Waals surface area contributed by atoms with Gasteiger partial charge in [-0.2, -0.15) is 0 Å². The molecule has 0 bridgehead atoms. The van der Waals surface area contributed by atoms with E-state index in [1.807, 2.05) is 0 Å². The Morgan fingerprint density at radius 3 is 2.81 bits per heavy atom. The van der Waals surface area contributed by atoms with Gasteiger partial charge in [0.1, 0.15) is 0 Å². The van der Waals surface area contributed by atoms with Crippen LogP contribution in [0.15, 0.2) is 0 Å². The van der Waals surface area contributed by atoms with Crippen molar-refractivity contribution in [1.82, 2.24) is 10.6 Å². The zero-order chi connectivity index (χ0) is 12.0. The summed E-state index contributed by atoms with van der Waals surface area (Å²) >= 11 is 5.26. The Morgan fingerprint density at radius 1 is 1.38 bits per heavy atom. The van der Waals surface area contributed by atoms with Crippen molar-refractivity contribution in [2.24, 2.45) is 11.8 Å². The van der Waals surface area contributed by atoms with E-state index in [1.165, 1.54) is 19.3 Å². The van der Waals surface area contributed by atoms with Gasteiger partial charge in [0.25, 0.3) is 0 Å². The maximum atomic E-state index is 5.26. The molecule has 94 valence electrons.